The van der Waals surface area contributed by atoms with Crippen molar-refractivity contribution < 1.29 is 27.5 Å². The number of alkyl carbamates (subject to hydrolysis) is 1. The predicted octanol–water partition coefficient (Wildman–Crippen LogP) is 4.05. The minimum Gasteiger partial charge on any atom is -0.444 e. The van der Waals surface area contributed by atoms with Gasteiger partial charge in [0, 0.05) is 31.4 Å². The Balaban J connectivity index is 1.71. The van der Waals surface area contributed by atoms with Gasteiger partial charge in [-0.15, -0.1) is 0 Å². The first-order valence-electron chi connectivity index (χ1n) is 10.2. The smallest absolute Gasteiger partial charge is 0.417 e. The normalized spacial score (nSPS) is 23.5. The Bertz CT molecular complexity index is 892. The van der Waals surface area contributed by atoms with Crippen LogP contribution in [0.15, 0.2) is 24.4 Å². The molecule has 1 aromatic heterocycles. The van der Waals surface area contributed by atoms with E-state index in [4.69, 9.17) is 4.74 Å². The number of rotatable bonds is 3. The molecule has 6 nitrogen and oxygen atoms in total. The summed E-state index contributed by atoms with van der Waals surface area (Å²) in [6.45, 7) is 9.62. The number of carbonyl (C=O) groups excluding carboxylic acids is 2. The molecule has 3 rings (SSSR count). The Hall–Kier alpha value is -2.58. The van der Waals surface area contributed by atoms with Crippen LogP contribution in [0.4, 0.5) is 18.0 Å². The first-order valence-corrected chi connectivity index (χ1v) is 10.2. The molecule has 169 valence electrons. The molecular weight excluding hydrogens is 411 g/mol. The van der Waals surface area contributed by atoms with Crippen molar-refractivity contribution in [2.75, 3.05) is 6.54 Å². The van der Waals surface area contributed by atoms with Crippen molar-refractivity contribution in [1.82, 2.24) is 15.2 Å². The van der Waals surface area contributed by atoms with E-state index in [1.807, 2.05) is 0 Å². The van der Waals surface area contributed by atoms with Crippen LogP contribution < -0.4 is 5.32 Å². The Morgan fingerprint density at radius 3 is 2.68 bits per heavy atom. The number of ether oxygens (including phenoxy) is 1. The second kappa shape index (κ2) is 8.16. The first kappa shape index (κ1) is 23.1. The van der Waals surface area contributed by atoms with Crippen molar-refractivity contribution in [2.24, 2.45) is 5.41 Å². The van der Waals surface area contributed by atoms with Gasteiger partial charge in [0.15, 0.2) is 0 Å². The number of pyridine rings is 1. The number of nitrogens with one attached hydrogen (secondary N) is 1. The number of carbonyl (C=O) groups is 2. The minimum absolute atomic E-state index is 0.0604. The van der Waals surface area contributed by atoms with E-state index >= 15 is 0 Å². The van der Waals surface area contributed by atoms with Crippen molar-refractivity contribution in [3.63, 3.8) is 0 Å². The van der Waals surface area contributed by atoms with Gasteiger partial charge < -0.3 is 15.0 Å². The maximum atomic E-state index is 13.4. The second-order valence-electron chi connectivity index (χ2n) is 9.03. The predicted molar refractivity (Wildman–Crippen MR) is 108 cm³/mol. The summed E-state index contributed by atoms with van der Waals surface area (Å²) < 4.78 is 44.4. The third-order valence-electron chi connectivity index (χ3n) is 5.46. The Labute approximate surface area is 179 Å². The van der Waals surface area contributed by atoms with Crippen molar-refractivity contribution in [3.05, 3.63) is 48.2 Å². The average molecular weight is 438 g/mol. The number of alkyl halides is 3. The minimum atomic E-state index is -4.49. The maximum absolute atomic E-state index is 13.4. The lowest BCUT2D eigenvalue weighted by Gasteiger charge is -2.36. The van der Waals surface area contributed by atoms with Crippen molar-refractivity contribution >= 4 is 12.0 Å². The van der Waals surface area contributed by atoms with E-state index < -0.39 is 34.9 Å². The molecule has 31 heavy (non-hydrogen) atoms. The largest absolute Gasteiger partial charge is 0.444 e. The highest BCUT2D eigenvalue weighted by atomic mass is 19.4. The lowest BCUT2D eigenvalue weighted by molar-refractivity contribution is -0.140. The molecule has 1 aromatic rings. The number of amides is 2. The van der Waals surface area contributed by atoms with Gasteiger partial charge in [0.05, 0.1) is 17.0 Å². The molecule has 2 aliphatic rings. The highest BCUT2D eigenvalue weighted by Gasteiger charge is 2.44. The van der Waals surface area contributed by atoms with E-state index in [9.17, 15) is 22.8 Å². The van der Waals surface area contributed by atoms with E-state index in [1.165, 1.54) is 0 Å². The van der Waals surface area contributed by atoms with Crippen LogP contribution in [-0.2, 0) is 28.7 Å². The molecule has 0 saturated carbocycles. The lowest BCUT2D eigenvalue weighted by Crippen LogP contribution is -2.46. The van der Waals surface area contributed by atoms with Gasteiger partial charge in [-0.05, 0) is 45.2 Å². The number of fused-ring (bicyclic) bond motifs is 1. The van der Waals surface area contributed by atoms with E-state index in [2.05, 4.69) is 17.2 Å². The van der Waals surface area contributed by atoms with Gasteiger partial charge in [-0.25, -0.2) is 4.79 Å². The van der Waals surface area contributed by atoms with E-state index in [0.29, 0.717) is 30.6 Å². The summed E-state index contributed by atoms with van der Waals surface area (Å²) in [4.78, 5) is 30.9. The molecule has 1 N–H and O–H groups in total. The summed E-state index contributed by atoms with van der Waals surface area (Å²) in [5, 5.41) is 2.74. The number of aromatic nitrogens is 1. The van der Waals surface area contributed by atoms with Gasteiger partial charge in [-0.1, -0.05) is 19.1 Å². The summed E-state index contributed by atoms with van der Waals surface area (Å²) in [6, 6.07) is 0.673. The van der Waals surface area contributed by atoms with Gasteiger partial charge in [-0.2, -0.15) is 13.2 Å². The average Bonchev–Trinajstić information content (AvgIpc) is 3.08. The highest BCUT2D eigenvalue weighted by molar-refractivity contribution is 5.86. The van der Waals surface area contributed by atoms with Gasteiger partial charge in [-0.3, -0.25) is 9.78 Å². The third kappa shape index (κ3) is 5.19. The second-order valence-corrected chi connectivity index (χ2v) is 9.03. The fraction of sp³-hybridized carbons (Fsp3) is 0.545. The molecule has 1 aliphatic carbocycles. The summed E-state index contributed by atoms with van der Waals surface area (Å²) in [5.41, 5.74) is -1.41. The van der Waals surface area contributed by atoms with Gasteiger partial charge in [0.25, 0.3) is 0 Å². The summed E-state index contributed by atoms with van der Waals surface area (Å²) >= 11 is 0. The van der Waals surface area contributed by atoms with E-state index in [0.717, 1.165) is 12.3 Å². The molecule has 0 aromatic carbocycles. The quantitative estimate of drug-likeness (QED) is 0.723. The molecule has 0 fully saturated rings. The zero-order valence-electron chi connectivity index (χ0n) is 17.9. The summed E-state index contributed by atoms with van der Waals surface area (Å²) in [5.74, 6) is -0.213. The van der Waals surface area contributed by atoms with Crippen LogP contribution >= 0.6 is 0 Å². The molecular formula is C22H27F3N3O3. The lowest BCUT2D eigenvalue weighted by atomic mass is 9.81. The van der Waals surface area contributed by atoms with Crippen LogP contribution in [0.3, 0.4) is 0 Å². The molecule has 0 unspecified atom stereocenters. The molecule has 1 aliphatic heterocycles. The van der Waals surface area contributed by atoms with Crippen molar-refractivity contribution in [2.45, 2.75) is 64.4 Å². The molecule has 2 heterocycles. The molecule has 0 spiro atoms. The maximum Gasteiger partial charge on any atom is 0.417 e. The third-order valence-corrected chi connectivity index (χ3v) is 5.46. The molecule has 0 bridgehead atoms. The Kier molecular flexibility index (Phi) is 6.08. The number of hydrogen-bond acceptors (Lipinski definition) is 4. The first-order chi connectivity index (χ1) is 14.3. The Morgan fingerprint density at radius 1 is 1.35 bits per heavy atom. The summed E-state index contributed by atoms with van der Waals surface area (Å²) in [7, 11) is 0. The SMILES string of the molecule is [CH2]C[C@@]1(C(=O)N2CCc3ncc(C(F)(F)F)cc3C2)C=C[C@@H](NC(=O)OC(C)(C)C)C1. The van der Waals surface area contributed by atoms with Crippen molar-refractivity contribution in [1.29, 1.82) is 0 Å². The topological polar surface area (TPSA) is 71.5 Å². The fourth-order valence-electron chi connectivity index (χ4n) is 3.91. The standard InChI is InChI=1S/C22H27F3N3O3/c1-5-21(8-6-16(11-21)27-19(30)31-20(2,3)4)18(29)28-9-7-17-14(13-28)10-15(12-26-17)22(23,24)25/h6,8,10,12,16H,1,5,7,9,11,13H2,2-4H3,(H,27,30)/t16-,21-/m1/s1. The van der Waals surface area contributed by atoms with Crippen LogP contribution in [0.2, 0.25) is 0 Å². The number of halogens is 3. The van der Waals surface area contributed by atoms with Gasteiger partial charge in [0.2, 0.25) is 5.91 Å². The fourth-order valence-corrected chi connectivity index (χ4v) is 3.91. The van der Waals surface area contributed by atoms with E-state index in [1.54, 1.807) is 37.8 Å². The Morgan fingerprint density at radius 2 is 2.06 bits per heavy atom. The molecule has 1 radical (unpaired) electrons. The molecule has 2 amide bonds. The van der Waals surface area contributed by atoms with Crippen LogP contribution in [0.5, 0.6) is 0 Å². The molecule has 9 heteroatoms. The van der Waals surface area contributed by atoms with Crippen LogP contribution in [0.25, 0.3) is 0 Å². The zero-order valence-corrected chi connectivity index (χ0v) is 17.9. The van der Waals surface area contributed by atoms with Crippen LogP contribution in [-0.4, -0.2) is 40.1 Å². The zero-order chi connectivity index (χ0) is 23.0. The number of nitrogens with zero attached hydrogens (tertiary/aromatic N) is 2. The van der Waals surface area contributed by atoms with Gasteiger partial charge in [0.1, 0.15) is 5.60 Å². The van der Waals surface area contributed by atoms with Crippen molar-refractivity contribution in [3.8, 4) is 0 Å². The van der Waals surface area contributed by atoms with Crippen LogP contribution in [0.1, 0.15) is 50.4 Å². The number of hydrogen-bond donors (Lipinski definition) is 1. The highest BCUT2D eigenvalue weighted by Crippen LogP contribution is 2.39. The van der Waals surface area contributed by atoms with Gasteiger partial charge >= 0.3 is 12.3 Å². The summed E-state index contributed by atoms with van der Waals surface area (Å²) in [6.07, 6.45) is 0.219. The molecule has 0 saturated heterocycles. The van der Waals surface area contributed by atoms with E-state index in [-0.39, 0.29) is 18.9 Å². The van der Waals surface area contributed by atoms with Crippen LogP contribution in [0, 0.1) is 12.3 Å². The molecule has 2 atom stereocenters. The monoisotopic (exact) mass is 438 g/mol.